The van der Waals surface area contributed by atoms with Gasteiger partial charge in [-0.1, -0.05) is 19.9 Å². The molecular weight excluding hydrogens is 322 g/mol. The summed E-state index contributed by atoms with van der Waals surface area (Å²) in [6.07, 6.45) is 1.88. The number of aromatic nitrogens is 1. The Morgan fingerprint density at radius 2 is 2.21 bits per heavy atom. The molecule has 1 aromatic carbocycles. The first-order valence-corrected chi connectivity index (χ1v) is 8.95. The Morgan fingerprint density at radius 1 is 1.42 bits per heavy atom. The molecule has 1 aliphatic heterocycles. The van der Waals surface area contributed by atoms with Crippen molar-refractivity contribution in [2.45, 2.75) is 33.1 Å². The SMILES string of the molecule is Cc1cc(N2C[C@@H](C(=O)Nc3nccs3)CC2=O)ccc1C(C)C. The fraction of sp³-hybridized carbons (Fsp3) is 0.389. The molecule has 1 aromatic heterocycles. The Morgan fingerprint density at radius 3 is 2.83 bits per heavy atom. The van der Waals surface area contributed by atoms with E-state index in [0.29, 0.717) is 17.6 Å². The van der Waals surface area contributed by atoms with Gasteiger partial charge in [0.05, 0.1) is 5.92 Å². The molecule has 0 aliphatic carbocycles. The molecule has 0 unspecified atom stereocenters. The molecule has 2 heterocycles. The Bertz CT molecular complexity index is 756. The number of carbonyl (C=O) groups excluding carboxylic acids is 2. The number of benzene rings is 1. The second-order valence-corrected chi connectivity index (χ2v) is 7.32. The van der Waals surface area contributed by atoms with Gasteiger partial charge in [0.1, 0.15) is 0 Å². The molecular formula is C18H21N3O2S. The van der Waals surface area contributed by atoms with Gasteiger partial charge in [-0.05, 0) is 36.1 Å². The standard InChI is InChI=1S/C18H21N3O2S/c1-11(2)15-5-4-14(8-12(15)3)21-10-13(9-16(21)22)17(23)20-18-19-6-7-24-18/h4-8,11,13H,9-10H2,1-3H3,(H,19,20,23)/t13-/m0/s1. The number of amides is 2. The van der Waals surface area contributed by atoms with E-state index in [1.807, 2.05) is 12.1 Å². The van der Waals surface area contributed by atoms with E-state index in [2.05, 4.69) is 37.1 Å². The first kappa shape index (κ1) is 16.6. The quantitative estimate of drug-likeness (QED) is 0.923. The zero-order chi connectivity index (χ0) is 17.3. The van der Waals surface area contributed by atoms with Crippen molar-refractivity contribution in [3.8, 4) is 0 Å². The topological polar surface area (TPSA) is 62.3 Å². The second kappa shape index (κ2) is 6.73. The van der Waals surface area contributed by atoms with Crippen molar-refractivity contribution in [2.24, 2.45) is 5.92 Å². The van der Waals surface area contributed by atoms with Crippen LogP contribution in [0.15, 0.2) is 29.8 Å². The maximum Gasteiger partial charge on any atom is 0.231 e. The Hall–Kier alpha value is -2.21. The summed E-state index contributed by atoms with van der Waals surface area (Å²) in [5, 5.41) is 5.16. The van der Waals surface area contributed by atoms with Gasteiger partial charge >= 0.3 is 0 Å². The normalized spacial score (nSPS) is 17.6. The molecule has 2 aromatic rings. The Balaban J connectivity index is 1.73. The summed E-state index contributed by atoms with van der Waals surface area (Å²) in [6.45, 7) is 6.78. The van der Waals surface area contributed by atoms with Crippen molar-refractivity contribution in [1.29, 1.82) is 0 Å². The summed E-state index contributed by atoms with van der Waals surface area (Å²) in [6, 6.07) is 6.08. The number of nitrogens with zero attached hydrogens (tertiary/aromatic N) is 2. The largest absolute Gasteiger partial charge is 0.312 e. The van der Waals surface area contributed by atoms with E-state index in [1.165, 1.54) is 22.5 Å². The maximum absolute atomic E-state index is 12.4. The highest BCUT2D eigenvalue weighted by Crippen LogP contribution is 2.29. The van der Waals surface area contributed by atoms with Gasteiger partial charge in [-0.3, -0.25) is 9.59 Å². The minimum atomic E-state index is -0.341. The van der Waals surface area contributed by atoms with Crippen LogP contribution in [0.2, 0.25) is 0 Å². The number of nitrogens with one attached hydrogen (secondary N) is 1. The Kier molecular flexibility index (Phi) is 4.66. The highest BCUT2D eigenvalue weighted by molar-refractivity contribution is 7.13. The number of anilines is 2. The maximum atomic E-state index is 12.4. The van der Waals surface area contributed by atoms with E-state index in [9.17, 15) is 9.59 Å². The summed E-state index contributed by atoms with van der Waals surface area (Å²) < 4.78 is 0. The van der Waals surface area contributed by atoms with Crippen LogP contribution in [0.5, 0.6) is 0 Å². The third-order valence-electron chi connectivity index (χ3n) is 4.35. The van der Waals surface area contributed by atoms with E-state index in [-0.39, 0.29) is 24.2 Å². The van der Waals surface area contributed by atoms with Gasteiger partial charge in [0.2, 0.25) is 11.8 Å². The number of aryl methyl sites for hydroxylation is 1. The summed E-state index contributed by atoms with van der Waals surface area (Å²) in [5.41, 5.74) is 3.32. The molecule has 2 amide bonds. The van der Waals surface area contributed by atoms with Gasteiger partial charge < -0.3 is 10.2 Å². The number of hydrogen-bond donors (Lipinski definition) is 1. The summed E-state index contributed by atoms with van der Waals surface area (Å²) >= 11 is 1.37. The molecule has 1 saturated heterocycles. The van der Waals surface area contributed by atoms with Gasteiger partial charge in [0.25, 0.3) is 0 Å². The lowest BCUT2D eigenvalue weighted by Crippen LogP contribution is -2.28. The lowest BCUT2D eigenvalue weighted by Gasteiger charge is -2.19. The van der Waals surface area contributed by atoms with Crippen LogP contribution < -0.4 is 10.2 Å². The van der Waals surface area contributed by atoms with E-state index < -0.39 is 0 Å². The van der Waals surface area contributed by atoms with Gasteiger partial charge in [-0.25, -0.2) is 4.98 Å². The smallest absolute Gasteiger partial charge is 0.231 e. The van der Waals surface area contributed by atoms with Gasteiger partial charge in [0.15, 0.2) is 5.13 Å². The third-order valence-corrected chi connectivity index (χ3v) is 5.03. The predicted octanol–water partition coefficient (Wildman–Crippen LogP) is 3.57. The fourth-order valence-electron chi connectivity index (χ4n) is 3.10. The minimum absolute atomic E-state index is 0.00835. The molecule has 1 fully saturated rings. The monoisotopic (exact) mass is 343 g/mol. The van der Waals surface area contributed by atoms with Crippen LogP contribution in [0.25, 0.3) is 0 Å². The molecule has 6 heteroatoms. The molecule has 0 bridgehead atoms. The molecule has 126 valence electrons. The van der Waals surface area contributed by atoms with Crippen molar-refractivity contribution in [2.75, 3.05) is 16.8 Å². The van der Waals surface area contributed by atoms with Crippen molar-refractivity contribution in [3.63, 3.8) is 0 Å². The van der Waals surface area contributed by atoms with Crippen LogP contribution >= 0.6 is 11.3 Å². The van der Waals surface area contributed by atoms with Gasteiger partial charge in [0, 0.05) is 30.2 Å². The Labute approximate surface area is 145 Å². The summed E-state index contributed by atoms with van der Waals surface area (Å²) in [5.74, 6) is -0.0426. The zero-order valence-corrected chi connectivity index (χ0v) is 14.9. The summed E-state index contributed by atoms with van der Waals surface area (Å²) in [4.78, 5) is 30.4. The van der Waals surface area contributed by atoms with Crippen molar-refractivity contribution in [3.05, 3.63) is 40.9 Å². The lowest BCUT2D eigenvalue weighted by molar-refractivity contribution is -0.122. The average Bonchev–Trinajstić information content (AvgIpc) is 3.16. The number of hydrogen-bond acceptors (Lipinski definition) is 4. The van der Waals surface area contributed by atoms with Crippen LogP contribution in [0.1, 0.15) is 37.3 Å². The molecule has 5 nitrogen and oxygen atoms in total. The van der Waals surface area contributed by atoms with Crippen molar-refractivity contribution >= 4 is 34.0 Å². The third kappa shape index (κ3) is 3.33. The van der Waals surface area contributed by atoms with E-state index in [1.54, 1.807) is 16.5 Å². The first-order valence-electron chi connectivity index (χ1n) is 8.07. The predicted molar refractivity (Wildman–Crippen MR) is 96.5 cm³/mol. The van der Waals surface area contributed by atoms with Crippen molar-refractivity contribution in [1.82, 2.24) is 4.98 Å². The van der Waals surface area contributed by atoms with E-state index in [0.717, 1.165) is 5.69 Å². The highest BCUT2D eigenvalue weighted by atomic mass is 32.1. The first-order chi connectivity index (χ1) is 11.5. The lowest BCUT2D eigenvalue weighted by atomic mass is 9.97. The highest BCUT2D eigenvalue weighted by Gasteiger charge is 2.35. The van der Waals surface area contributed by atoms with Crippen LogP contribution in [0.3, 0.4) is 0 Å². The molecule has 1 N–H and O–H groups in total. The molecule has 0 radical (unpaired) electrons. The minimum Gasteiger partial charge on any atom is -0.312 e. The number of rotatable bonds is 4. The summed E-state index contributed by atoms with van der Waals surface area (Å²) in [7, 11) is 0. The van der Waals surface area contributed by atoms with Crippen LogP contribution in [0.4, 0.5) is 10.8 Å². The molecule has 24 heavy (non-hydrogen) atoms. The van der Waals surface area contributed by atoms with Gasteiger partial charge in [-0.15, -0.1) is 11.3 Å². The fourth-order valence-corrected chi connectivity index (χ4v) is 3.63. The van der Waals surface area contributed by atoms with Crippen LogP contribution in [-0.4, -0.2) is 23.3 Å². The average molecular weight is 343 g/mol. The van der Waals surface area contributed by atoms with E-state index >= 15 is 0 Å². The molecule has 1 aliphatic rings. The zero-order valence-electron chi connectivity index (χ0n) is 14.1. The molecule has 3 rings (SSSR count). The number of carbonyl (C=O) groups is 2. The second-order valence-electron chi connectivity index (χ2n) is 6.43. The van der Waals surface area contributed by atoms with Gasteiger partial charge in [-0.2, -0.15) is 0 Å². The van der Waals surface area contributed by atoms with Crippen molar-refractivity contribution < 1.29 is 9.59 Å². The van der Waals surface area contributed by atoms with E-state index in [4.69, 9.17) is 0 Å². The number of thiazole rings is 1. The van der Waals surface area contributed by atoms with Crippen LogP contribution in [-0.2, 0) is 9.59 Å². The molecule has 0 saturated carbocycles. The molecule has 1 atom stereocenters. The molecule has 0 spiro atoms. The van der Waals surface area contributed by atoms with Crippen LogP contribution in [0, 0.1) is 12.8 Å².